The number of hydrogen-bond acceptors (Lipinski definition) is 9. The lowest BCUT2D eigenvalue weighted by atomic mass is 9.49. The van der Waals surface area contributed by atoms with Crippen molar-refractivity contribution in [1.82, 2.24) is 14.9 Å². The predicted octanol–water partition coefficient (Wildman–Crippen LogP) is 6.75. The van der Waals surface area contributed by atoms with E-state index in [0.29, 0.717) is 58.3 Å². The highest BCUT2D eigenvalue weighted by Gasteiger charge is 2.70. The summed E-state index contributed by atoms with van der Waals surface area (Å²) in [5.74, 6) is -8.48. The van der Waals surface area contributed by atoms with Gasteiger partial charge >= 0.3 is 12.1 Å². The highest BCUT2D eigenvalue weighted by atomic mass is 35.5. The number of rotatable bonds is 11. The maximum atomic E-state index is 15.3. The predicted molar refractivity (Wildman–Crippen MR) is 194 cm³/mol. The molecule has 2 saturated heterocycles. The van der Waals surface area contributed by atoms with Crippen molar-refractivity contribution in [2.24, 2.45) is 23.7 Å². The Morgan fingerprint density at radius 1 is 1.00 bits per heavy atom. The quantitative estimate of drug-likeness (QED) is 0.107. The van der Waals surface area contributed by atoms with E-state index in [9.17, 15) is 37.5 Å². The number of hydrogen-bond donors (Lipinski definition) is 3. The number of carboxylic acid groups (broad SMARTS) is 1. The lowest BCUT2D eigenvalue weighted by Gasteiger charge is -2.50. The Morgan fingerprint density at radius 2 is 1.73 bits per heavy atom. The van der Waals surface area contributed by atoms with E-state index in [0.717, 1.165) is 0 Å². The van der Waals surface area contributed by atoms with Gasteiger partial charge in [-0.1, -0.05) is 59.5 Å². The number of nitrogens with one attached hydrogen (secondary N) is 1. The molecule has 3 fully saturated rings. The number of aromatic hydroxyl groups is 1. The number of carbonyl (C=O) groups is 5. The second-order valence-electron chi connectivity index (χ2n) is 14.4. The Kier molecular flexibility index (Phi) is 10.3. The summed E-state index contributed by atoms with van der Waals surface area (Å²) in [6, 6.07) is 11.5. The van der Waals surface area contributed by atoms with Crippen LogP contribution in [0.1, 0.15) is 61.1 Å². The van der Waals surface area contributed by atoms with Crippen LogP contribution >= 0.6 is 23.2 Å². The monoisotopic (exact) mass is 814 g/mol. The Labute approximate surface area is 328 Å². The zero-order chi connectivity index (χ0) is 40.3. The third-order valence-electron chi connectivity index (χ3n) is 11.5. The second-order valence-corrected chi connectivity index (χ2v) is 15.2. The summed E-state index contributed by atoms with van der Waals surface area (Å²) in [7, 11) is 1.37. The minimum absolute atomic E-state index is 0.0404. The van der Waals surface area contributed by atoms with Crippen molar-refractivity contribution < 1.29 is 52.1 Å². The van der Waals surface area contributed by atoms with Crippen molar-refractivity contribution in [1.29, 1.82) is 0 Å². The van der Waals surface area contributed by atoms with Crippen LogP contribution in [0.5, 0.6) is 11.5 Å². The number of likely N-dealkylation sites (tertiary alicyclic amines) is 1. The number of nitrogens with zero attached hydrogens (tertiary/aromatic N) is 3. The van der Waals surface area contributed by atoms with Crippen LogP contribution in [0.4, 0.5) is 19.0 Å². The first-order valence-electron chi connectivity index (χ1n) is 17.9. The molecular formula is C39H35Cl2F3N4O8. The van der Waals surface area contributed by atoms with E-state index in [1.54, 1.807) is 30.3 Å². The van der Waals surface area contributed by atoms with E-state index in [2.05, 4.69) is 10.4 Å². The molecular weight excluding hydrogens is 780 g/mol. The van der Waals surface area contributed by atoms with Crippen LogP contribution < -0.4 is 10.2 Å². The van der Waals surface area contributed by atoms with Crippen LogP contribution in [0.2, 0.25) is 10.0 Å². The van der Waals surface area contributed by atoms with Crippen molar-refractivity contribution >= 4 is 58.6 Å². The molecule has 17 heteroatoms. The number of carbonyl (C=O) groups excluding carboxylic acids is 4. The molecule has 2 aliphatic heterocycles. The summed E-state index contributed by atoms with van der Waals surface area (Å²) in [5, 5.41) is 20.6. The van der Waals surface area contributed by atoms with Crippen molar-refractivity contribution in [2.75, 3.05) is 19.1 Å². The number of aliphatic carboxylic acids is 1. The van der Waals surface area contributed by atoms with Gasteiger partial charge in [0.1, 0.15) is 0 Å². The first-order valence-corrected chi connectivity index (χ1v) is 18.6. The molecule has 3 heterocycles. The molecule has 6 atom stereocenters. The first-order chi connectivity index (χ1) is 26.6. The fourth-order valence-corrected chi connectivity index (χ4v) is 9.39. The maximum absolute atomic E-state index is 15.3. The Bertz CT molecular complexity index is 2170. The average molecular weight is 816 g/mol. The molecule has 4 aliphatic rings. The Balaban J connectivity index is 1.35. The molecule has 4 amide bonds. The molecule has 1 saturated carbocycles. The number of amides is 4. The molecule has 0 bridgehead atoms. The second kappa shape index (κ2) is 14.7. The van der Waals surface area contributed by atoms with Crippen LogP contribution in [-0.4, -0.2) is 68.4 Å². The third-order valence-corrected chi connectivity index (χ3v) is 12.0. The highest BCUT2D eigenvalue weighted by Crippen LogP contribution is 2.64. The van der Waals surface area contributed by atoms with Crippen molar-refractivity contribution in [3.05, 3.63) is 93.1 Å². The first kappa shape index (κ1) is 39.1. The molecule has 0 radical (unpaired) electrons. The van der Waals surface area contributed by atoms with E-state index >= 15 is 4.79 Å². The summed E-state index contributed by atoms with van der Waals surface area (Å²) in [6.45, 7) is 0.0935. The van der Waals surface area contributed by atoms with Gasteiger partial charge < -0.3 is 14.9 Å². The lowest BCUT2D eigenvalue weighted by molar-refractivity contribution is -0.141. The number of anilines is 1. The molecule has 7 rings (SSSR count). The highest BCUT2D eigenvalue weighted by molar-refractivity contribution is 6.33. The number of allylic oxidation sites excluding steroid dienone is 2. The summed E-state index contributed by atoms with van der Waals surface area (Å²) < 4.78 is 45.7. The van der Waals surface area contributed by atoms with Crippen LogP contribution in [0.25, 0.3) is 0 Å². The summed E-state index contributed by atoms with van der Waals surface area (Å²) in [5.41, 5.74) is 1.01. The number of ether oxygens (including phenoxy) is 1. The van der Waals surface area contributed by atoms with E-state index < -0.39 is 81.3 Å². The van der Waals surface area contributed by atoms with Gasteiger partial charge in [0.25, 0.3) is 11.8 Å². The SMILES string of the molecule is COc1ccc(C2C3=CCC4C(=O)N(CCCCCC(=O)O)C(=O)C4C3CC3C(=O)N(Nc4ncc(C(F)(F)F)cc4Cl)C(=O)C32c2ccc(Cl)cc2)cc1O. The molecule has 12 nitrogen and oxygen atoms in total. The minimum atomic E-state index is -4.77. The van der Waals surface area contributed by atoms with Gasteiger partial charge in [-0.05, 0) is 73.1 Å². The molecule has 6 unspecified atom stereocenters. The molecule has 2 aromatic carbocycles. The van der Waals surface area contributed by atoms with Gasteiger partial charge in [0.15, 0.2) is 17.3 Å². The average Bonchev–Trinajstić information content (AvgIpc) is 3.52. The number of phenols is 1. The standard InChI is InChI=1S/C39H35Cl2F3N4O8/c1-56-29-13-6-19(15-28(29)49)32-23-11-12-24-31(36(54)47(34(24)52)14-4-2-3-5-30(50)51)25(23)17-26-35(53)48(37(55)38(26,32)20-7-9-22(40)10-8-20)46-33-27(41)16-21(18-45-33)39(42,43)44/h6-11,13,15-16,18,24-26,31-32,49H,2-5,12,14,17H2,1H3,(H,45,46)(H,50,51). The summed E-state index contributed by atoms with van der Waals surface area (Å²) in [4.78, 5) is 74.1. The number of methoxy groups -OCH3 is 1. The number of phenolic OH excluding ortho intramolecular Hbond substituents is 1. The summed E-state index contributed by atoms with van der Waals surface area (Å²) in [6.07, 6.45) is -1.12. The third kappa shape index (κ3) is 6.43. The Hall–Kier alpha value is -5.15. The molecule has 1 aromatic heterocycles. The number of halogens is 5. The zero-order valence-electron chi connectivity index (χ0n) is 29.7. The van der Waals surface area contributed by atoms with Crippen molar-refractivity contribution in [3.63, 3.8) is 0 Å². The number of alkyl halides is 3. The van der Waals surface area contributed by atoms with Gasteiger partial charge in [0.05, 0.1) is 40.9 Å². The number of pyridine rings is 1. The maximum Gasteiger partial charge on any atom is 0.417 e. The largest absolute Gasteiger partial charge is 0.504 e. The fraction of sp³-hybridized carbons (Fsp3) is 0.385. The van der Waals surface area contributed by atoms with Crippen LogP contribution in [-0.2, 0) is 35.6 Å². The van der Waals surface area contributed by atoms with E-state index in [-0.39, 0.29) is 43.2 Å². The normalized spacial score (nSPS) is 25.8. The summed E-state index contributed by atoms with van der Waals surface area (Å²) >= 11 is 12.5. The molecule has 0 spiro atoms. The topological polar surface area (TPSA) is 166 Å². The van der Waals surface area contributed by atoms with Gasteiger partial charge in [-0.2, -0.15) is 18.2 Å². The van der Waals surface area contributed by atoms with Gasteiger partial charge in [-0.3, -0.25) is 34.3 Å². The van der Waals surface area contributed by atoms with Crippen LogP contribution in [0, 0.1) is 23.7 Å². The van der Waals surface area contributed by atoms with Crippen molar-refractivity contribution in [3.8, 4) is 11.5 Å². The lowest BCUT2D eigenvalue weighted by Crippen LogP contribution is -2.53. The molecule has 56 heavy (non-hydrogen) atoms. The number of carboxylic acids is 1. The molecule has 294 valence electrons. The smallest absolute Gasteiger partial charge is 0.417 e. The molecule has 2 aliphatic carbocycles. The van der Waals surface area contributed by atoms with E-state index in [1.165, 1.54) is 24.1 Å². The number of unbranched alkanes of at least 4 members (excludes halogenated alkanes) is 2. The number of benzene rings is 2. The number of fused-ring (bicyclic) bond motifs is 4. The fourth-order valence-electron chi connectivity index (χ4n) is 9.05. The van der Waals surface area contributed by atoms with Gasteiger partial charge in [-0.15, -0.1) is 0 Å². The molecule has 3 aromatic rings. The number of hydrazine groups is 1. The van der Waals surface area contributed by atoms with Gasteiger partial charge in [0.2, 0.25) is 11.8 Å². The van der Waals surface area contributed by atoms with Crippen LogP contribution in [0.15, 0.2) is 66.4 Å². The Morgan fingerprint density at radius 3 is 2.38 bits per heavy atom. The van der Waals surface area contributed by atoms with Gasteiger partial charge in [0, 0.05) is 30.1 Å². The van der Waals surface area contributed by atoms with E-state index in [1.807, 2.05) is 6.08 Å². The molecule has 3 N–H and O–H groups in total. The van der Waals surface area contributed by atoms with E-state index in [4.69, 9.17) is 33.0 Å². The number of imide groups is 2. The van der Waals surface area contributed by atoms with Crippen molar-refractivity contribution in [2.45, 2.75) is 56.0 Å². The minimum Gasteiger partial charge on any atom is -0.504 e. The number of aromatic nitrogens is 1. The zero-order valence-corrected chi connectivity index (χ0v) is 31.2. The van der Waals surface area contributed by atoms with Crippen LogP contribution in [0.3, 0.4) is 0 Å². The van der Waals surface area contributed by atoms with Gasteiger partial charge in [-0.25, -0.2) is 4.98 Å².